The van der Waals surface area contributed by atoms with Gasteiger partial charge in [0.25, 0.3) is 10.0 Å². The number of rotatable bonds is 5. The molecule has 1 aromatic heterocycles. The third-order valence-electron chi connectivity index (χ3n) is 4.38. The maximum atomic E-state index is 12.7. The summed E-state index contributed by atoms with van der Waals surface area (Å²) in [5.74, 6) is -0.0512. The van der Waals surface area contributed by atoms with Crippen LogP contribution in [0.1, 0.15) is 12.0 Å². The number of fused-ring (bicyclic) bond motifs is 1. The molecule has 0 saturated carbocycles. The van der Waals surface area contributed by atoms with Crippen LogP contribution >= 0.6 is 11.8 Å². The van der Waals surface area contributed by atoms with Crippen LogP contribution in [0.4, 0.5) is 11.4 Å². The van der Waals surface area contributed by atoms with Crippen molar-refractivity contribution >= 4 is 39.1 Å². The number of nitrogens with zero attached hydrogens (tertiary/aromatic N) is 2. The molecule has 7 nitrogen and oxygen atoms in total. The van der Waals surface area contributed by atoms with Crippen molar-refractivity contribution in [3.05, 3.63) is 60.4 Å². The number of hydrogen-bond acceptors (Lipinski definition) is 5. The minimum absolute atomic E-state index is 0.0512. The highest BCUT2D eigenvalue weighted by atomic mass is 32.2. The zero-order valence-electron chi connectivity index (χ0n) is 15.0. The third kappa shape index (κ3) is 3.90. The van der Waals surface area contributed by atoms with Gasteiger partial charge in [-0.05, 0) is 54.4 Å². The lowest BCUT2D eigenvalue weighted by Crippen LogP contribution is -2.20. The molecule has 1 amide bonds. The summed E-state index contributed by atoms with van der Waals surface area (Å²) in [6, 6.07) is 11.9. The number of imidazole rings is 1. The van der Waals surface area contributed by atoms with E-state index in [0.717, 1.165) is 15.6 Å². The number of carbonyl (C=O) groups excluding carboxylic acids is 1. The molecule has 1 aliphatic heterocycles. The highest BCUT2D eigenvalue weighted by molar-refractivity contribution is 7.99. The molecule has 1 aliphatic rings. The van der Waals surface area contributed by atoms with Crippen molar-refractivity contribution in [1.29, 1.82) is 0 Å². The molecule has 0 aliphatic carbocycles. The van der Waals surface area contributed by atoms with Crippen LogP contribution in [0, 0.1) is 0 Å². The minimum Gasteiger partial charge on any atom is -0.329 e. The smallest absolute Gasteiger partial charge is 0.261 e. The number of aromatic nitrogens is 2. The van der Waals surface area contributed by atoms with Crippen LogP contribution in [0.15, 0.2) is 69.8 Å². The van der Waals surface area contributed by atoms with E-state index in [1.807, 2.05) is 29.9 Å². The molecule has 144 valence electrons. The zero-order valence-corrected chi connectivity index (χ0v) is 16.7. The molecule has 0 spiro atoms. The van der Waals surface area contributed by atoms with Gasteiger partial charge in [0.2, 0.25) is 5.91 Å². The van der Waals surface area contributed by atoms with Gasteiger partial charge in [-0.2, -0.15) is 0 Å². The Balaban J connectivity index is 1.50. The maximum Gasteiger partial charge on any atom is 0.261 e. The van der Waals surface area contributed by atoms with Gasteiger partial charge in [-0.15, -0.1) is 0 Å². The van der Waals surface area contributed by atoms with E-state index in [2.05, 4.69) is 15.0 Å². The van der Waals surface area contributed by atoms with Crippen molar-refractivity contribution < 1.29 is 13.2 Å². The fraction of sp³-hybridized carbons (Fsp3) is 0.158. The second-order valence-electron chi connectivity index (χ2n) is 6.42. The Morgan fingerprint density at radius 3 is 2.64 bits per heavy atom. The first-order chi connectivity index (χ1) is 13.4. The molecule has 3 aromatic rings. The van der Waals surface area contributed by atoms with Crippen molar-refractivity contribution in [1.82, 2.24) is 9.55 Å². The Bertz CT molecular complexity index is 1140. The monoisotopic (exact) mass is 414 g/mol. The average Bonchev–Trinajstić information content (AvgIpc) is 3.07. The molecule has 0 bridgehead atoms. The van der Waals surface area contributed by atoms with Gasteiger partial charge >= 0.3 is 0 Å². The van der Waals surface area contributed by atoms with Crippen LogP contribution in [-0.4, -0.2) is 23.9 Å². The second-order valence-corrected chi connectivity index (χ2v) is 9.14. The number of aryl methyl sites for hydroxylation is 2. The molecular weight excluding hydrogens is 396 g/mol. The first kappa shape index (κ1) is 18.6. The minimum atomic E-state index is -3.72. The van der Waals surface area contributed by atoms with Gasteiger partial charge in [0.15, 0.2) is 5.16 Å². The number of carbonyl (C=O) groups is 1. The topological polar surface area (TPSA) is 93.1 Å². The highest BCUT2D eigenvalue weighted by Gasteiger charge is 2.20. The Morgan fingerprint density at radius 1 is 1.14 bits per heavy atom. The summed E-state index contributed by atoms with van der Waals surface area (Å²) in [5.41, 5.74) is 1.98. The SMILES string of the molecule is Cn1ccnc1Sc1ccc(NS(=O)(=O)c2ccc3c(c2)CCC(=O)N3)cc1. The summed E-state index contributed by atoms with van der Waals surface area (Å²) >= 11 is 1.50. The molecule has 0 fully saturated rings. The Labute approximate surface area is 167 Å². The zero-order chi connectivity index (χ0) is 19.7. The van der Waals surface area contributed by atoms with Crippen LogP contribution in [0.3, 0.4) is 0 Å². The molecule has 0 atom stereocenters. The Kier molecular flexibility index (Phi) is 4.86. The van der Waals surface area contributed by atoms with Gasteiger partial charge in [0, 0.05) is 42.1 Å². The average molecular weight is 415 g/mol. The number of sulfonamides is 1. The summed E-state index contributed by atoms with van der Waals surface area (Å²) < 4.78 is 30.0. The molecule has 0 unspecified atom stereocenters. The largest absolute Gasteiger partial charge is 0.329 e. The van der Waals surface area contributed by atoms with E-state index in [1.165, 1.54) is 17.8 Å². The quantitative estimate of drug-likeness (QED) is 0.668. The molecule has 2 aromatic carbocycles. The molecule has 2 N–H and O–H groups in total. The molecule has 28 heavy (non-hydrogen) atoms. The Hall–Kier alpha value is -2.78. The van der Waals surface area contributed by atoms with E-state index in [-0.39, 0.29) is 10.8 Å². The van der Waals surface area contributed by atoms with Crippen LogP contribution in [0.25, 0.3) is 0 Å². The van der Waals surface area contributed by atoms with Crippen molar-refractivity contribution in [3.8, 4) is 0 Å². The van der Waals surface area contributed by atoms with Gasteiger partial charge < -0.3 is 9.88 Å². The summed E-state index contributed by atoms with van der Waals surface area (Å²) in [6.45, 7) is 0. The van der Waals surface area contributed by atoms with E-state index in [0.29, 0.717) is 24.2 Å². The van der Waals surface area contributed by atoms with E-state index < -0.39 is 10.0 Å². The van der Waals surface area contributed by atoms with Gasteiger partial charge in [0.05, 0.1) is 4.90 Å². The normalized spacial score (nSPS) is 13.7. The molecule has 2 heterocycles. The van der Waals surface area contributed by atoms with Crippen LogP contribution in [-0.2, 0) is 28.3 Å². The summed E-state index contributed by atoms with van der Waals surface area (Å²) in [5, 5.41) is 3.61. The van der Waals surface area contributed by atoms with Gasteiger partial charge in [-0.3, -0.25) is 9.52 Å². The lowest BCUT2D eigenvalue weighted by molar-refractivity contribution is -0.116. The van der Waals surface area contributed by atoms with Crippen molar-refractivity contribution in [2.24, 2.45) is 7.05 Å². The first-order valence-electron chi connectivity index (χ1n) is 8.61. The van der Waals surface area contributed by atoms with Crippen LogP contribution < -0.4 is 10.0 Å². The van der Waals surface area contributed by atoms with Gasteiger partial charge in [0.1, 0.15) is 0 Å². The van der Waals surface area contributed by atoms with Crippen molar-refractivity contribution in [3.63, 3.8) is 0 Å². The number of amides is 1. The van der Waals surface area contributed by atoms with E-state index in [9.17, 15) is 13.2 Å². The molecule has 4 rings (SSSR count). The summed E-state index contributed by atoms with van der Waals surface area (Å²) in [4.78, 5) is 16.8. The summed E-state index contributed by atoms with van der Waals surface area (Å²) in [6.07, 6.45) is 4.49. The number of nitrogens with one attached hydrogen (secondary N) is 2. The lowest BCUT2D eigenvalue weighted by atomic mass is 10.0. The fourth-order valence-electron chi connectivity index (χ4n) is 2.89. The number of hydrogen-bond donors (Lipinski definition) is 2. The predicted octanol–water partition coefficient (Wildman–Crippen LogP) is 3.26. The maximum absolute atomic E-state index is 12.7. The van der Waals surface area contributed by atoms with Gasteiger partial charge in [-0.1, -0.05) is 11.8 Å². The fourth-order valence-corrected chi connectivity index (χ4v) is 4.80. The molecule has 0 radical (unpaired) electrons. The number of benzene rings is 2. The predicted molar refractivity (Wildman–Crippen MR) is 108 cm³/mol. The van der Waals surface area contributed by atoms with Crippen LogP contribution in [0.2, 0.25) is 0 Å². The van der Waals surface area contributed by atoms with E-state index in [4.69, 9.17) is 0 Å². The van der Waals surface area contributed by atoms with Crippen LogP contribution in [0.5, 0.6) is 0 Å². The van der Waals surface area contributed by atoms with E-state index in [1.54, 1.807) is 30.5 Å². The first-order valence-corrected chi connectivity index (χ1v) is 10.9. The summed E-state index contributed by atoms with van der Waals surface area (Å²) in [7, 11) is -1.80. The standard InChI is InChI=1S/C19H18N4O3S2/c1-23-11-10-20-19(23)27-15-5-3-14(4-6-15)22-28(25,26)16-7-8-17-13(12-16)2-9-18(24)21-17/h3-8,10-12,22H,2,9H2,1H3,(H,21,24). The van der Waals surface area contributed by atoms with Crippen molar-refractivity contribution in [2.75, 3.05) is 10.0 Å². The van der Waals surface area contributed by atoms with E-state index >= 15 is 0 Å². The number of anilines is 2. The van der Waals surface area contributed by atoms with Crippen molar-refractivity contribution in [2.45, 2.75) is 27.8 Å². The Morgan fingerprint density at radius 2 is 1.93 bits per heavy atom. The third-order valence-corrected chi connectivity index (χ3v) is 6.84. The molecular formula is C19H18N4O3S2. The van der Waals surface area contributed by atoms with Gasteiger partial charge in [-0.25, -0.2) is 13.4 Å². The lowest BCUT2D eigenvalue weighted by Gasteiger charge is -2.18. The second kappa shape index (κ2) is 7.33. The molecule has 0 saturated heterocycles. The molecule has 9 heteroatoms. The highest BCUT2D eigenvalue weighted by Crippen LogP contribution is 2.29.